The predicted octanol–water partition coefficient (Wildman–Crippen LogP) is 2.68. The summed E-state index contributed by atoms with van der Waals surface area (Å²) in [7, 11) is 4.61. The molecule has 148 valence electrons. The van der Waals surface area contributed by atoms with Gasteiger partial charge in [0.15, 0.2) is 17.2 Å². The highest BCUT2D eigenvalue weighted by atomic mass is 16.5. The molecule has 1 aromatic carbocycles. The molecular weight excluding hydrogens is 350 g/mol. The predicted molar refractivity (Wildman–Crippen MR) is 100 cm³/mol. The smallest absolute Gasteiger partial charge is 0.273 e. The van der Waals surface area contributed by atoms with Crippen LogP contribution in [0.3, 0.4) is 0 Å². The van der Waals surface area contributed by atoms with Crippen LogP contribution < -0.4 is 25.3 Å². The lowest BCUT2D eigenvalue weighted by molar-refractivity contribution is 0.0945. The summed E-state index contributed by atoms with van der Waals surface area (Å²) in [5.74, 6) is 1.95. The number of nitrogens with one attached hydrogen (secondary N) is 1. The largest absolute Gasteiger partial charge is 0.493 e. The summed E-state index contributed by atoms with van der Waals surface area (Å²) in [5.41, 5.74) is 7.02. The Morgan fingerprint density at radius 2 is 1.81 bits per heavy atom. The molecule has 0 fully saturated rings. The minimum Gasteiger partial charge on any atom is -0.493 e. The number of ether oxygens (including phenoxy) is 3. The van der Waals surface area contributed by atoms with E-state index in [1.54, 1.807) is 12.1 Å². The Bertz CT molecular complexity index is 747. The van der Waals surface area contributed by atoms with Gasteiger partial charge < -0.3 is 29.7 Å². The maximum absolute atomic E-state index is 12.3. The molecule has 0 aliphatic rings. The Morgan fingerprint density at radius 1 is 1.19 bits per heavy atom. The first-order chi connectivity index (χ1) is 12.9. The van der Waals surface area contributed by atoms with Gasteiger partial charge in [-0.15, -0.1) is 0 Å². The van der Waals surface area contributed by atoms with Crippen molar-refractivity contribution in [3.8, 4) is 17.2 Å². The maximum atomic E-state index is 12.3. The molecule has 3 N–H and O–H groups in total. The number of aromatic nitrogens is 1. The fraction of sp³-hybridized carbons (Fsp3) is 0.474. The number of rotatable bonds is 9. The lowest BCUT2D eigenvalue weighted by Crippen LogP contribution is -2.23. The topological polar surface area (TPSA) is 109 Å². The molecule has 2 rings (SSSR count). The van der Waals surface area contributed by atoms with Gasteiger partial charge in [-0.3, -0.25) is 4.79 Å². The molecule has 1 aromatic heterocycles. The minimum absolute atomic E-state index is 0.191. The number of carbonyl (C=O) groups is 1. The molecule has 8 heteroatoms. The zero-order chi connectivity index (χ0) is 20.0. The zero-order valence-electron chi connectivity index (χ0n) is 16.4. The summed E-state index contributed by atoms with van der Waals surface area (Å²) in [6, 6.07) is 3.21. The second-order valence-electron chi connectivity index (χ2n) is 6.52. The first-order valence-corrected chi connectivity index (χ1v) is 8.67. The monoisotopic (exact) mass is 377 g/mol. The van der Waals surface area contributed by atoms with Crippen molar-refractivity contribution >= 4 is 5.91 Å². The highest BCUT2D eigenvalue weighted by molar-refractivity contribution is 5.91. The number of nitrogens with zero attached hydrogens (tertiary/aromatic N) is 1. The molecular formula is C19H27N3O5. The van der Waals surface area contributed by atoms with E-state index in [1.165, 1.54) is 27.6 Å². The molecule has 0 radical (unpaired) electrons. The van der Waals surface area contributed by atoms with Gasteiger partial charge in [-0.2, -0.15) is 0 Å². The van der Waals surface area contributed by atoms with Crippen molar-refractivity contribution < 1.29 is 23.4 Å². The summed E-state index contributed by atoms with van der Waals surface area (Å²) in [4.78, 5) is 16.5. The first-order valence-electron chi connectivity index (χ1n) is 8.67. The van der Waals surface area contributed by atoms with Gasteiger partial charge in [0, 0.05) is 6.54 Å². The molecule has 1 unspecified atom stereocenters. The van der Waals surface area contributed by atoms with E-state index >= 15 is 0 Å². The summed E-state index contributed by atoms with van der Waals surface area (Å²) in [6.45, 7) is 4.39. The van der Waals surface area contributed by atoms with E-state index in [2.05, 4.69) is 24.1 Å². The van der Waals surface area contributed by atoms with Crippen molar-refractivity contribution in [2.75, 3.05) is 21.3 Å². The second kappa shape index (κ2) is 9.27. The van der Waals surface area contributed by atoms with Crippen molar-refractivity contribution in [3.05, 3.63) is 35.5 Å². The minimum atomic E-state index is -0.351. The molecule has 1 heterocycles. The average Bonchev–Trinajstić information content (AvgIpc) is 3.15. The van der Waals surface area contributed by atoms with E-state index in [0.29, 0.717) is 29.1 Å². The molecule has 1 atom stereocenters. The van der Waals surface area contributed by atoms with Crippen molar-refractivity contribution in [3.63, 3.8) is 0 Å². The molecule has 8 nitrogen and oxygen atoms in total. The molecule has 1 amide bonds. The van der Waals surface area contributed by atoms with Crippen LogP contribution in [0.1, 0.15) is 48.3 Å². The number of oxazole rings is 1. The Labute approximate surface area is 159 Å². The van der Waals surface area contributed by atoms with Crippen LogP contribution in [0, 0.1) is 5.92 Å². The quantitative estimate of drug-likeness (QED) is 0.691. The van der Waals surface area contributed by atoms with E-state index in [0.717, 1.165) is 12.0 Å². The number of hydrogen-bond donors (Lipinski definition) is 2. The van der Waals surface area contributed by atoms with Crippen LogP contribution in [0.15, 0.2) is 22.8 Å². The van der Waals surface area contributed by atoms with E-state index in [9.17, 15) is 4.79 Å². The van der Waals surface area contributed by atoms with Gasteiger partial charge >= 0.3 is 0 Å². The third-order valence-corrected chi connectivity index (χ3v) is 3.97. The molecule has 2 aromatic rings. The zero-order valence-corrected chi connectivity index (χ0v) is 16.4. The van der Waals surface area contributed by atoms with Gasteiger partial charge in [0.05, 0.1) is 27.4 Å². The second-order valence-corrected chi connectivity index (χ2v) is 6.52. The molecule has 0 saturated heterocycles. The molecule has 0 bridgehead atoms. The Kier molecular flexibility index (Phi) is 7.06. The van der Waals surface area contributed by atoms with Gasteiger partial charge in [-0.05, 0) is 30.0 Å². The number of methoxy groups -OCH3 is 3. The van der Waals surface area contributed by atoms with Crippen LogP contribution in [-0.2, 0) is 6.54 Å². The summed E-state index contributed by atoms with van der Waals surface area (Å²) >= 11 is 0. The molecule has 0 aliphatic heterocycles. The van der Waals surface area contributed by atoms with Crippen molar-refractivity contribution in [1.29, 1.82) is 0 Å². The van der Waals surface area contributed by atoms with Crippen LogP contribution in [0.25, 0.3) is 0 Å². The maximum Gasteiger partial charge on any atom is 0.273 e. The first kappa shape index (κ1) is 20.6. The normalized spacial score (nSPS) is 12.0. The number of nitrogens with two attached hydrogens (primary N) is 1. The number of benzene rings is 1. The van der Waals surface area contributed by atoms with E-state index in [1.807, 2.05) is 0 Å². The summed E-state index contributed by atoms with van der Waals surface area (Å²) in [5, 5.41) is 2.79. The van der Waals surface area contributed by atoms with E-state index in [4.69, 9.17) is 24.4 Å². The van der Waals surface area contributed by atoms with Gasteiger partial charge in [0.2, 0.25) is 11.6 Å². The third kappa shape index (κ3) is 5.13. The number of carbonyl (C=O) groups excluding carboxylic acids is 1. The fourth-order valence-corrected chi connectivity index (χ4v) is 2.68. The lowest BCUT2D eigenvalue weighted by atomic mass is 10.0. The van der Waals surface area contributed by atoms with Crippen molar-refractivity contribution in [1.82, 2.24) is 10.3 Å². The third-order valence-electron chi connectivity index (χ3n) is 3.97. The van der Waals surface area contributed by atoms with E-state index < -0.39 is 0 Å². The molecule has 0 saturated carbocycles. The SMILES string of the molecule is COc1cc(CNC(=O)c2coc(C(N)CC(C)C)n2)cc(OC)c1OC. The van der Waals surface area contributed by atoms with Gasteiger partial charge in [-0.1, -0.05) is 13.8 Å². The van der Waals surface area contributed by atoms with Crippen molar-refractivity contribution in [2.45, 2.75) is 32.9 Å². The summed E-state index contributed by atoms with van der Waals surface area (Å²) < 4.78 is 21.3. The van der Waals surface area contributed by atoms with Gasteiger partial charge in [0.25, 0.3) is 5.91 Å². The Balaban J connectivity index is 2.06. The van der Waals surface area contributed by atoms with Crippen molar-refractivity contribution in [2.24, 2.45) is 11.7 Å². The molecule has 0 aliphatic carbocycles. The van der Waals surface area contributed by atoms with Crippen LogP contribution in [0.4, 0.5) is 0 Å². The fourth-order valence-electron chi connectivity index (χ4n) is 2.68. The van der Waals surface area contributed by atoms with Gasteiger partial charge in [0.1, 0.15) is 6.26 Å². The van der Waals surface area contributed by atoms with Crippen LogP contribution in [0.2, 0.25) is 0 Å². The Hall–Kier alpha value is -2.74. The van der Waals surface area contributed by atoms with Crippen LogP contribution >= 0.6 is 0 Å². The highest BCUT2D eigenvalue weighted by Gasteiger charge is 2.18. The molecule has 27 heavy (non-hydrogen) atoms. The van der Waals surface area contributed by atoms with Crippen LogP contribution in [0.5, 0.6) is 17.2 Å². The highest BCUT2D eigenvalue weighted by Crippen LogP contribution is 2.38. The number of hydrogen-bond acceptors (Lipinski definition) is 7. The Morgan fingerprint density at radius 3 is 2.33 bits per heavy atom. The standard InChI is InChI=1S/C19H27N3O5/c1-11(2)6-13(20)19-22-14(10-27-19)18(23)21-9-12-7-15(24-3)17(26-5)16(8-12)25-4/h7-8,10-11,13H,6,9,20H2,1-5H3,(H,21,23). The average molecular weight is 377 g/mol. The van der Waals surface area contributed by atoms with Crippen LogP contribution in [-0.4, -0.2) is 32.2 Å². The van der Waals surface area contributed by atoms with Gasteiger partial charge in [-0.25, -0.2) is 4.98 Å². The molecule has 0 spiro atoms. The lowest BCUT2D eigenvalue weighted by Gasteiger charge is -2.14. The summed E-state index contributed by atoms with van der Waals surface area (Å²) in [6.07, 6.45) is 2.05. The number of amides is 1. The van der Waals surface area contributed by atoms with E-state index in [-0.39, 0.29) is 24.2 Å².